The molecule has 2 saturated heterocycles. The van der Waals surface area contributed by atoms with Crippen LogP contribution in [0.15, 0.2) is 12.1 Å². The molecule has 154 valence electrons. The van der Waals surface area contributed by atoms with Crippen LogP contribution in [0.25, 0.3) is 11.0 Å². The maximum Gasteiger partial charge on any atom is 0.206 e. The van der Waals surface area contributed by atoms with Gasteiger partial charge in [0.2, 0.25) is 5.95 Å². The number of halogens is 2. The number of aliphatic hydroxyl groups excluding tert-OH is 3. The van der Waals surface area contributed by atoms with Gasteiger partial charge >= 0.3 is 0 Å². The molecule has 4 rings (SSSR count). The highest BCUT2D eigenvalue weighted by molar-refractivity contribution is 6.42. The van der Waals surface area contributed by atoms with Gasteiger partial charge in [0.05, 0.1) is 27.7 Å². The molecule has 0 spiro atoms. The molecule has 10 heteroatoms. The van der Waals surface area contributed by atoms with E-state index in [9.17, 15) is 15.3 Å². The zero-order valence-corrected chi connectivity index (χ0v) is 16.8. The summed E-state index contributed by atoms with van der Waals surface area (Å²) >= 11 is 12.3. The maximum absolute atomic E-state index is 10.5. The second-order valence-electron chi connectivity index (χ2n) is 7.26. The van der Waals surface area contributed by atoms with E-state index in [-0.39, 0.29) is 0 Å². The number of hydrogen-bond acceptors (Lipinski definition) is 7. The molecule has 28 heavy (non-hydrogen) atoms. The molecule has 1 aromatic heterocycles. The molecular weight excluding hydrogens is 407 g/mol. The number of ether oxygens (including phenoxy) is 1. The van der Waals surface area contributed by atoms with E-state index in [1.165, 1.54) is 12.8 Å². The number of benzene rings is 1. The molecule has 0 radical (unpaired) electrons. The highest BCUT2D eigenvalue weighted by Crippen LogP contribution is 2.37. The van der Waals surface area contributed by atoms with E-state index in [2.05, 4.69) is 15.2 Å². The average Bonchev–Trinajstić information content (AvgIpc) is 3.37. The minimum absolute atomic E-state index is 0.352. The third kappa shape index (κ3) is 3.70. The summed E-state index contributed by atoms with van der Waals surface area (Å²) in [6.07, 6.45) is -1.77. The van der Waals surface area contributed by atoms with Crippen LogP contribution in [0.1, 0.15) is 19.1 Å². The van der Waals surface area contributed by atoms with Gasteiger partial charge in [0.1, 0.15) is 18.3 Å². The van der Waals surface area contributed by atoms with E-state index in [4.69, 9.17) is 27.9 Å². The number of aromatic nitrogens is 2. The van der Waals surface area contributed by atoms with Crippen LogP contribution in [-0.2, 0) is 4.74 Å². The van der Waals surface area contributed by atoms with Gasteiger partial charge in [-0.2, -0.15) is 0 Å². The van der Waals surface area contributed by atoms with Crippen molar-refractivity contribution in [2.24, 2.45) is 0 Å². The van der Waals surface area contributed by atoms with E-state index < -0.39 is 31.1 Å². The Morgan fingerprint density at radius 2 is 1.86 bits per heavy atom. The Morgan fingerprint density at radius 1 is 1.14 bits per heavy atom. The number of aliphatic hydroxyl groups is 3. The number of anilines is 1. The van der Waals surface area contributed by atoms with Crippen molar-refractivity contribution in [1.82, 2.24) is 14.5 Å². The van der Waals surface area contributed by atoms with E-state index in [0.717, 1.165) is 19.6 Å². The van der Waals surface area contributed by atoms with Crippen molar-refractivity contribution < 1.29 is 20.1 Å². The highest BCUT2D eigenvalue weighted by atomic mass is 35.5. The lowest BCUT2D eigenvalue weighted by Gasteiger charge is -2.21. The molecule has 4 atom stereocenters. The average molecular weight is 431 g/mol. The lowest BCUT2D eigenvalue weighted by molar-refractivity contribution is -0.0499. The summed E-state index contributed by atoms with van der Waals surface area (Å²) in [5.41, 5.74) is 1.21. The first-order chi connectivity index (χ1) is 13.5. The topological polar surface area (TPSA) is 103 Å². The van der Waals surface area contributed by atoms with E-state index in [0.29, 0.717) is 33.6 Å². The van der Waals surface area contributed by atoms with Crippen molar-refractivity contribution in [2.75, 3.05) is 38.1 Å². The van der Waals surface area contributed by atoms with Gasteiger partial charge in [-0.1, -0.05) is 23.2 Å². The Morgan fingerprint density at radius 3 is 2.54 bits per heavy atom. The predicted octanol–water partition coefficient (Wildman–Crippen LogP) is 1.46. The van der Waals surface area contributed by atoms with Crippen LogP contribution in [0, 0.1) is 0 Å². The van der Waals surface area contributed by atoms with Gasteiger partial charge in [0, 0.05) is 13.1 Å². The van der Waals surface area contributed by atoms with Crippen molar-refractivity contribution in [3.05, 3.63) is 22.2 Å². The molecule has 1 aromatic carbocycles. The van der Waals surface area contributed by atoms with Crippen LogP contribution in [0.3, 0.4) is 0 Å². The fourth-order valence-electron chi connectivity index (χ4n) is 3.90. The predicted molar refractivity (Wildman–Crippen MR) is 107 cm³/mol. The second kappa shape index (κ2) is 8.31. The Hall–Kier alpha value is -1.13. The molecule has 8 nitrogen and oxygen atoms in total. The number of fused-ring (bicyclic) bond motifs is 1. The van der Waals surface area contributed by atoms with Crippen LogP contribution >= 0.6 is 23.2 Å². The van der Waals surface area contributed by atoms with Crippen molar-refractivity contribution in [3.63, 3.8) is 0 Å². The first-order valence-corrected chi connectivity index (χ1v) is 10.2. The molecule has 0 aliphatic carbocycles. The normalized spacial score (nSPS) is 28.5. The minimum Gasteiger partial charge on any atom is -0.394 e. The first-order valence-electron chi connectivity index (χ1n) is 9.45. The molecule has 0 saturated carbocycles. The summed E-state index contributed by atoms with van der Waals surface area (Å²) in [7, 11) is 0. The fourth-order valence-corrected chi connectivity index (χ4v) is 4.21. The Labute approximate surface area is 172 Å². The summed E-state index contributed by atoms with van der Waals surface area (Å²) in [6.45, 7) is 3.34. The number of imidazole rings is 1. The molecule has 2 aromatic rings. The summed E-state index contributed by atoms with van der Waals surface area (Å²) in [6, 6.07) is 3.31. The smallest absolute Gasteiger partial charge is 0.206 e. The molecule has 0 amide bonds. The van der Waals surface area contributed by atoms with Gasteiger partial charge in [-0.25, -0.2) is 4.98 Å². The van der Waals surface area contributed by atoms with Crippen LogP contribution in [0.4, 0.5) is 5.95 Å². The molecule has 2 fully saturated rings. The summed E-state index contributed by atoms with van der Waals surface area (Å²) in [5, 5.41) is 34.1. The summed E-state index contributed by atoms with van der Waals surface area (Å²) < 4.78 is 7.40. The minimum atomic E-state index is -1.22. The van der Waals surface area contributed by atoms with Crippen LogP contribution in [-0.4, -0.2) is 80.9 Å². The Balaban J connectivity index is 1.66. The van der Waals surface area contributed by atoms with E-state index >= 15 is 0 Å². The van der Waals surface area contributed by atoms with E-state index in [1.807, 2.05) is 0 Å². The quantitative estimate of drug-likeness (QED) is 0.549. The third-order valence-corrected chi connectivity index (χ3v) is 6.14. The van der Waals surface area contributed by atoms with Crippen molar-refractivity contribution in [1.29, 1.82) is 0 Å². The van der Waals surface area contributed by atoms with Gasteiger partial charge in [-0.15, -0.1) is 0 Å². The monoisotopic (exact) mass is 430 g/mol. The first kappa shape index (κ1) is 20.2. The van der Waals surface area contributed by atoms with Gasteiger partial charge in [0.25, 0.3) is 0 Å². The molecule has 4 N–H and O–H groups in total. The lowest BCUT2D eigenvalue weighted by Crippen LogP contribution is -2.33. The molecule has 0 unspecified atom stereocenters. The number of hydrogen-bond donors (Lipinski definition) is 4. The number of nitrogens with one attached hydrogen (secondary N) is 1. The summed E-state index contributed by atoms with van der Waals surface area (Å²) in [4.78, 5) is 6.96. The standard InChI is InChI=1S/C18H24Cl2N4O4/c19-10-7-12-13(8-11(10)20)24(17-16(27)15(26)14(9-25)28-17)18(22-12)21-3-6-23-4-1-2-5-23/h7-8,14-17,25-27H,1-6,9H2,(H,21,22)/t14-,15-,16-,17-/m0/s1. The molecule has 2 aliphatic rings. The molecule has 2 aliphatic heterocycles. The zero-order valence-electron chi connectivity index (χ0n) is 15.3. The Kier molecular flexibility index (Phi) is 5.98. The van der Waals surface area contributed by atoms with Gasteiger partial charge < -0.3 is 30.3 Å². The molecule has 0 bridgehead atoms. The Bertz CT molecular complexity index is 843. The molecular formula is C18H24Cl2N4O4. The third-order valence-electron chi connectivity index (χ3n) is 5.41. The van der Waals surface area contributed by atoms with Crippen molar-refractivity contribution >= 4 is 40.2 Å². The lowest BCUT2D eigenvalue weighted by atomic mass is 10.1. The number of nitrogens with zero attached hydrogens (tertiary/aromatic N) is 3. The number of rotatable bonds is 6. The SMILES string of the molecule is OC[C@@H]1O[C@H](n2c(NCCN3CCCC3)nc3cc(Cl)c(Cl)cc32)[C@@H](O)[C@H]1O. The summed E-state index contributed by atoms with van der Waals surface area (Å²) in [5.74, 6) is 0.488. The van der Waals surface area contributed by atoms with Crippen LogP contribution < -0.4 is 5.32 Å². The van der Waals surface area contributed by atoms with Gasteiger partial charge in [-0.3, -0.25) is 4.57 Å². The van der Waals surface area contributed by atoms with Crippen LogP contribution in [0.2, 0.25) is 10.0 Å². The zero-order chi connectivity index (χ0) is 19.8. The van der Waals surface area contributed by atoms with Crippen molar-refractivity contribution in [3.8, 4) is 0 Å². The highest BCUT2D eigenvalue weighted by Gasteiger charge is 2.44. The number of likely N-dealkylation sites (tertiary alicyclic amines) is 1. The largest absolute Gasteiger partial charge is 0.394 e. The van der Waals surface area contributed by atoms with Crippen LogP contribution in [0.5, 0.6) is 0 Å². The second-order valence-corrected chi connectivity index (χ2v) is 8.08. The van der Waals surface area contributed by atoms with Gasteiger partial charge in [-0.05, 0) is 38.1 Å². The fraction of sp³-hybridized carbons (Fsp3) is 0.611. The van der Waals surface area contributed by atoms with E-state index in [1.54, 1.807) is 16.7 Å². The van der Waals surface area contributed by atoms with Crippen molar-refractivity contribution in [2.45, 2.75) is 37.4 Å². The molecule has 3 heterocycles. The van der Waals surface area contributed by atoms with Gasteiger partial charge in [0.15, 0.2) is 6.23 Å². The maximum atomic E-state index is 10.5.